The highest BCUT2D eigenvalue weighted by Gasteiger charge is 2.22. The zero-order valence-electron chi connectivity index (χ0n) is 13.0. The summed E-state index contributed by atoms with van der Waals surface area (Å²) in [6, 6.07) is 13.8. The lowest BCUT2D eigenvalue weighted by Gasteiger charge is -2.05. The molecule has 0 unspecified atom stereocenters. The molecule has 0 aliphatic carbocycles. The summed E-state index contributed by atoms with van der Waals surface area (Å²) in [5.74, 6) is -0.306. The van der Waals surface area contributed by atoms with Crippen LogP contribution in [-0.4, -0.2) is 22.0 Å². The van der Waals surface area contributed by atoms with Gasteiger partial charge in [0, 0.05) is 28.0 Å². The van der Waals surface area contributed by atoms with Crippen LogP contribution in [0.2, 0.25) is 0 Å². The van der Waals surface area contributed by atoms with E-state index in [1.165, 1.54) is 0 Å². The molecular weight excluding hydrogens is 288 g/mol. The topological polar surface area (TPSA) is 43.6 Å². The van der Waals surface area contributed by atoms with E-state index in [9.17, 15) is 4.79 Å². The highest BCUT2D eigenvalue weighted by atomic mass is 16.5. The Kier molecular flexibility index (Phi) is 3.05. The molecule has 0 radical (unpaired) electrons. The summed E-state index contributed by atoms with van der Waals surface area (Å²) in [6.45, 7) is 4.15. The maximum absolute atomic E-state index is 12.6. The summed E-state index contributed by atoms with van der Waals surface area (Å²) >= 11 is 0. The monoisotopic (exact) mass is 304 g/mol. The van der Waals surface area contributed by atoms with E-state index >= 15 is 0 Å². The minimum atomic E-state index is -0.306. The first-order chi connectivity index (χ1) is 11.2. The van der Waals surface area contributed by atoms with Crippen LogP contribution < -0.4 is 0 Å². The third kappa shape index (κ3) is 1.91. The second-order valence-corrected chi connectivity index (χ2v) is 5.49. The van der Waals surface area contributed by atoms with Gasteiger partial charge in [-0.25, -0.2) is 4.79 Å². The van der Waals surface area contributed by atoms with Crippen LogP contribution in [0.3, 0.4) is 0 Å². The van der Waals surface area contributed by atoms with Gasteiger partial charge in [0.1, 0.15) is 5.69 Å². The fourth-order valence-corrected chi connectivity index (χ4v) is 3.26. The third-order valence-corrected chi connectivity index (χ3v) is 4.14. The Hall–Kier alpha value is -2.88. The molecule has 0 saturated carbocycles. The Morgan fingerprint density at radius 1 is 1.13 bits per heavy atom. The first-order valence-electron chi connectivity index (χ1n) is 7.67. The maximum atomic E-state index is 12.6. The number of fused-ring (bicyclic) bond motifs is 5. The summed E-state index contributed by atoms with van der Waals surface area (Å²) in [4.78, 5) is 17.3. The number of nitrogens with zero attached hydrogens (tertiary/aromatic N) is 2. The summed E-state index contributed by atoms with van der Waals surface area (Å²) in [6.07, 6.45) is 1.90. The number of rotatable bonds is 2. The molecule has 0 fully saturated rings. The Labute approximate surface area is 133 Å². The van der Waals surface area contributed by atoms with Gasteiger partial charge in [-0.3, -0.25) is 4.98 Å². The van der Waals surface area contributed by atoms with Crippen molar-refractivity contribution < 1.29 is 9.53 Å². The van der Waals surface area contributed by atoms with Gasteiger partial charge in [-0.2, -0.15) is 0 Å². The highest BCUT2D eigenvalue weighted by molar-refractivity contribution is 6.20. The zero-order chi connectivity index (χ0) is 16.0. The van der Waals surface area contributed by atoms with Gasteiger partial charge in [0.15, 0.2) is 0 Å². The predicted molar refractivity (Wildman–Crippen MR) is 90.9 cm³/mol. The van der Waals surface area contributed by atoms with Gasteiger partial charge < -0.3 is 9.14 Å². The molecule has 3 aromatic heterocycles. The van der Waals surface area contributed by atoms with Gasteiger partial charge in [0.2, 0.25) is 0 Å². The standard InChI is InChI=1S/C19H16N2O2/c1-3-23-19(22)18-17-13-8-4-5-9-14(13)20-12(2)16(17)15-10-6-7-11-21(15)18/h4-11H,3H2,1-2H3. The van der Waals surface area contributed by atoms with E-state index in [1.807, 2.05) is 66.9 Å². The lowest BCUT2D eigenvalue weighted by molar-refractivity contribution is 0.0521. The number of ether oxygens (including phenoxy) is 1. The molecule has 0 saturated heterocycles. The van der Waals surface area contributed by atoms with E-state index < -0.39 is 0 Å². The SMILES string of the molecule is CCOC(=O)c1c2c3ccccc3nc(C)c2c2ccccn12. The van der Waals surface area contributed by atoms with E-state index in [4.69, 9.17) is 9.72 Å². The van der Waals surface area contributed by atoms with Crippen molar-refractivity contribution in [1.82, 2.24) is 9.38 Å². The molecule has 1 aromatic carbocycles. The van der Waals surface area contributed by atoms with Crippen molar-refractivity contribution in [2.24, 2.45) is 0 Å². The molecule has 4 heteroatoms. The predicted octanol–water partition coefficient (Wildman–Crippen LogP) is 4.13. The Balaban J connectivity index is 2.30. The van der Waals surface area contributed by atoms with Crippen LogP contribution in [0.1, 0.15) is 23.1 Å². The number of carbonyl (C=O) groups is 1. The van der Waals surface area contributed by atoms with Crippen molar-refractivity contribution in [2.45, 2.75) is 13.8 Å². The van der Waals surface area contributed by atoms with Crippen LogP contribution >= 0.6 is 0 Å². The van der Waals surface area contributed by atoms with Crippen molar-refractivity contribution in [3.63, 3.8) is 0 Å². The van der Waals surface area contributed by atoms with E-state index in [2.05, 4.69) is 0 Å². The molecule has 0 atom stereocenters. The molecule has 3 heterocycles. The fourth-order valence-electron chi connectivity index (χ4n) is 3.26. The molecular formula is C19H16N2O2. The smallest absolute Gasteiger partial charge is 0.355 e. The minimum Gasteiger partial charge on any atom is -0.461 e. The number of benzene rings is 1. The molecule has 0 amide bonds. The molecule has 4 nitrogen and oxygen atoms in total. The number of carbonyl (C=O) groups excluding carboxylic acids is 1. The van der Waals surface area contributed by atoms with E-state index in [1.54, 1.807) is 0 Å². The molecule has 114 valence electrons. The van der Waals surface area contributed by atoms with Gasteiger partial charge >= 0.3 is 5.97 Å². The Bertz CT molecular complexity index is 1060. The highest BCUT2D eigenvalue weighted by Crippen LogP contribution is 2.34. The number of hydrogen-bond donors (Lipinski definition) is 0. The molecule has 0 spiro atoms. The zero-order valence-corrected chi connectivity index (χ0v) is 13.0. The van der Waals surface area contributed by atoms with Gasteiger partial charge in [-0.15, -0.1) is 0 Å². The Morgan fingerprint density at radius 2 is 1.91 bits per heavy atom. The third-order valence-electron chi connectivity index (χ3n) is 4.14. The van der Waals surface area contributed by atoms with E-state index in [-0.39, 0.29) is 5.97 Å². The van der Waals surface area contributed by atoms with Crippen LogP contribution in [0, 0.1) is 6.92 Å². The molecule has 0 aliphatic heterocycles. The van der Waals surface area contributed by atoms with Crippen molar-refractivity contribution in [3.05, 3.63) is 60.0 Å². The van der Waals surface area contributed by atoms with Crippen LogP contribution in [-0.2, 0) is 4.74 Å². The number of hydrogen-bond acceptors (Lipinski definition) is 3. The quantitative estimate of drug-likeness (QED) is 0.523. The van der Waals surface area contributed by atoms with Crippen LogP contribution in [0.15, 0.2) is 48.7 Å². The normalized spacial score (nSPS) is 11.4. The maximum Gasteiger partial charge on any atom is 0.355 e. The second-order valence-electron chi connectivity index (χ2n) is 5.49. The van der Waals surface area contributed by atoms with Crippen LogP contribution in [0.4, 0.5) is 0 Å². The Morgan fingerprint density at radius 3 is 2.74 bits per heavy atom. The molecule has 0 bridgehead atoms. The van der Waals surface area contributed by atoms with Crippen molar-refractivity contribution in [1.29, 1.82) is 0 Å². The van der Waals surface area contributed by atoms with Crippen molar-refractivity contribution >= 4 is 33.2 Å². The lowest BCUT2D eigenvalue weighted by atomic mass is 10.1. The number of para-hydroxylation sites is 1. The van der Waals surface area contributed by atoms with Gasteiger partial charge in [-0.05, 0) is 32.0 Å². The van der Waals surface area contributed by atoms with E-state index in [0.717, 1.165) is 32.9 Å². The minimum absolute atomic E-state index is 0.306. The number of aryl methyl sites for hydroxylation is 1. The largest absolute Gasteiger partial charge is 0.461 e. The second kappa shape index (κ2) is 5.09. The average molecular weight is 304 g/mol. The van der Waals surface area contributed by atoms with Gasteiger partial charge in [-0.1, -0.05) is 24.3 Å². The number of esters is 1. The van der Waals surface area contributed by atoms with Gasteiger partial charge in [0.05, 0.1) is 17.6 Å². The average Bonchev–Trinajstić information content (AvgIpc) is 2.91. The lowest BCUT2D eigenvalue weighted by Crippen LogP contribution is -2.08. The molecule has 0 N–H and O–H groups in total. The summed E-state index contributed by atoms with van der Waals surface area (Å²) in [5.41, 5.74) is 3.34. The molecule has 4 rings (SSSR count). The van der Waals surface area contributed by atoms with Crippen LogP contribution in [0.25, 0.3) is 27.2 Å². The summed E-state index contributed by atoms with van der Waals surface area (Å²) < 4.78 is 7.22. The first kappa shape index (κ1) is 13.8. The fraction of sp³-hybridized carbons (Fsp3) is 0.158. The van der Waals surface area contributed by atoms with Crippen LogP contribution in [0.5, 0.6) is 0 Å². The molecule has 0 aliphatic rings. The molecule has 23 heavy (non-hydrogen) atoms. The van der Waals surface area contributed by atoms with E-state index in [0.29, 0.717) is 12.3 Å². The van der Waals surface area contributed by atoms with Gasteiger partial charge in [0.25, 0.3) is 0 Å². The molecule has 4 aromatic rings. The number of pyridine rings is 2. The van der Waals surface area contributed by atoms with Crippen molar-refractivity contribution in [3.8, 4) is 0 Å². The first-order valence-corrected chi connectivity index (χ1v) is 7.67. The summed E-state index contributed by atoms with van der Waals surface area (Å²) in [5, 5.41) is 2.89. The van der Waals surface area contributed by atoms with Crippen molar-refractivity contribution in [2.75, 3.05) is 6.61 Å². The number of aromatic nitrogens is 2. The summed E-state index contributed by atoms with van der Waals surface area (Å²) in [7, 11) is 0.